The zero-order valence-corrected chi connectivity index (χ0v) is 11.2. The van der Waals surface area contributed by atoms with E-state index in [9.17, 15) is 10.2 Å². The number of nitrogens with zero attached hydrogens (tertiary/aromatic N) is 1. The first-order valence-electron chi connectivity index (χ1n) is 7.07. The van der Waals surface area contributed by atoms with Crippen molar-refractivity contribution in [3.63, 3.8) is 0 Å². The second kappa shape index (κ2) is 5.25. The van der Waals surface area contributed by atoms with E-state index in [1.807, 2.05) is 0 Å². The molecule has 0 aromatic heterocycles. The summed E-state index contributed by atoms with van der Waals surface area (Å²) < 4.78 is 0. The normalized spacial score (nSPS) is 38.5. The lowest BCUT2D eigenvalue weighted by atomic mass is 9.87. The van der Waals surface area contributed by atoms with Crippen LogP contribution in [0.4, 0.5) is 0 Å². The number of rotatable bonds is 3. The summed E-state index contributed by atoms with van der Waals surface area (Å²) in [5.74, 6) is 0.400. The van der Waals surface area contributed by atoms with Crippen molar-refractivity contribution < 1.29 is 10.2 Å². The summed E-state index contributed by atoms with van der Waals surface area (Å²) in [6, 6.07) is 0.333. The summed E-state index contributed by atoms with van der Waals surface area (Å²) in [5.41, 5.74) is 0.0785. The molecule has 3 atom stereocenters. The van der Waals surface area contributed by atoms with Gasteiger partial charge in [0.25, 0.3) is 0 Å². The van der Waals surface area contributed by atoms with Gasteiger partial charge in [-0.3, -0.25) is 4.90 Å². The average Bonchev–Trinajstić information content (AvgIpc) is 2.57. The molecule has 3 heteroatoms. The van der Waals surface area contributed by atoms with Crippen LogP contribution in [0.1, 0.15) is 46.0 Å². The smallest absolute Gasteiger partial charge is 0.0631 e. The highest BCUT2D eigenvalue weighted by atomic mass is 16.3. The Balaban J connectivity index is 1.92. The van der Waals surface area contributed by atoms with Crippen molar-refractivity contribution in [1.29, 1.82) is 0 Å². The molecule has 2 fully saturated rings. The van der Waals surface area contributed by atoms with E-state index in [2.05, 4.69) is 18.7 Å². The topological polar surface area (TPSA) is 43.7 Å². The van der Waals surface area contributed by atoms with Crippen LogP contribution in [0.25, 0.3) is 0 Å². The van der Waals surface area contributed by atoms with Crippen molar-refractivity contribution in [2.24, 2.45) is 11.3 Å². The molecule has 1 saturated carbocycles. The fourth-order valence-electron chi connectivity index (χ4n) is 3.50. The monoisotopic (exact) mass is 241 g/mol. The third-order valence-electron chi connectivity index (χ3n) is 4.84. The third-order valence-corrected chi connectivity index (χ3v) is 4.84. The highest BCUT2D eigenvalue weighted by molar-refractivity contribution is 4.93. The SMILES string of the molecule is CC1(C)CCC(CN2CCCCC2CO)C1O. The Hall–Kier alpha value is -0.120. The summed E-state index contributed by atoms with van der Waals surface area (Å²) in [5, 5.41) is 19.7. The van der Waals surface area contributed by atoms with Gasteiger partial charge in [0.2, 0.25) is 0 Å². The van der Waals surface area contributed by atoms with E-state index >= 15 is 0 Å². The van der Waals surface area contributed by atoms with Gasteiger partial charge in [0, 0.05) is 12.6 Å². The second-order valence-corrected chi connectivity index (χ2v) is 6.56. The molecule has 0 aromatic carbocycles. The largest absolute Gasteiger partial charge is 0.395 e. The maximum atomic E-state index is 10.3. The summed E-state index contributed by atoms with van der Waals surface area (Å²) in [6.07, 6.45) is 5.66. The van der Waals surface area contributed by atoms with Crippen LogP contribution in [0.5, 0.6) is 0 Å². The zero-order chi connectivity index (χ0) is 12.5. The summed E-state index contributed by atoms with van der Waals surface area (Å²) in [4.78, 5) is 2.40. The predicted molar refractivity (Wildman–Crippen MR) is 68.8 cm³/mol. The summed E-state index contributed by atoms with van der Waals surface area (Å²) in [7, 11) is 0. The Kier molecular flexibility index (Phi) is 4.11. The van der Waals surface area contributed by atoms with Gasteiger partial charge in [-0.1, -0.05) is 20.3 Å². The molecular formula is C14H27NO2. The Morgan fingerprint density at radius 1 is 1.24 bits per heavy atom. The molecule has 0 spiro atoms. The molecule has 2 aliphatic rings. The van der Waals surface area contributed by atoms with Crippen molar-refractivity contribution in [3.8, 4) is 0 Å². The van der Waals surface area contributed by atoms with Crippen LogP contribution in [0.2, 0.25) is 0 Å². The molecule has 1 heterocycles. The Labute approximate surface area is 105 Å². The number of piperidine rings is 1. The molecule has 1 saturated heterocycles. The minimum absolute atomic E-state index is 0.0785. The molecule has 0 aromatic rings. The first kappa shape index (κ1) is 13.3. The van der Waals surface area contributed by atoms with Gasteiger partial charge in [-0.25, -0.2) is 0 Å². The van der Waals surface area contributed by atoms with Gasteiger partial charge in [0.05, 0.1) is 12.7 Å². The molecule has 1 aliphatic carbocycles. The summed E-state index contributed by atoms with van der Waals surface area (Å²) >= 11 is 0. The zero-order valence-electron chi connectivity index (χ0n) is 11.2. The molecule has 3 unspecified atom stereocenters. The van der Waals surface area contributed by atoms with Crippen molar-refractivity contribution in [2.75, 3.05) is 19.7 Å². The van der Waals surface area contributed by atoms with Crippen LogP contribution in [0.15, 0.2) is 0 Å². The Morgan fingerprint density at radius 2 is 2.00 bits per heavy atom. The predicted octanol–water partition coefficient (Wildman–Crippen LogP) is 1.63. The van der Waals surface area contributed by atoms with Gasteiger partial charge in [-0.05, 0) is 43.6 Å². The van der Waals surface area contributed by atoms with Crippen molar-refractivity contribution in [1.82, 2.24) is 4.90 Å². The first-order valence-corrected chi connectivity index (χ1v) is 7.07. The number of hydrogen-bond donors (Lipinski definition) is 2. The molecule has 100 valence electrons. The van der Waals surface area contributed by atoms with E-state index in [0.717, 1.165) is 32.4 Å². The van der Waals surface area contributed by atoms with Gasteiger partial charge in [0.1, 0.15) is 0 Å². The Morgan fingerprint density at radius 3 is 2.59 bits per heavy atom. The van der Waals surface area contributed by atoms with Crippen molar-refractivity contribution in [3.05, 3.63) is 0 Å². The van der Waals surface area contributed by atoms with Crippen LogP contribution in [-0.4, -0.2) is 47.0 Å². The fraction of sp³-hybridized carbons (Fsp3) is 1.00. The van der Waals surface area contributed by atoms with Gasteiger partial charge >= 0.3 is 0 Å². The van der Waals surface area contributed by atoms with Crippen LogP contribution in [0, 0.1) is 11.3 Å². The van der Waals surface area contributed by atoms with Gasteiger partial charge in [0.15, 0.2) is 0 Å². The lowest BCUT2D eigenvalue weighted by Gasteiger charge is -2.37. The molecule has 2 N–H and O–H groups in total. The molecule has 2 rings (SSSR count). The van der Waals surface area contributed by atoms with E-state index in [1.54, 1.807) is 0 Å². The highest BCUT2D eigenvalue weighted by Crippen LogP contribution is 2.41. The molecule has 0 radical (unpaired) electrons. The van der Waals surface area contributed by atoms with E-state index in [1.165, 1.54) is 12.8 Å². The van der Waals surface area contributed by atoms with E-state index < -0.39 is 0 Å². The number of likely N-dealkylation sites (tertiary alicyclic amines) is 1. The van der Waals surface area contributed by atoms with Crippen LogP contribution in [-0.2, 0) is 0 Å². The van der Waals surface area contributed by atoms with Crippen molar-refractivity contribution in [2.45, 2.75) is 58.1 Å². The molecule has 1 aliphatic heterocycles. The second-order valence-electron chi connectivity index (χ2n) is 6.56. The molecule has 0 amide bonds. The standard InChI is InChI=1S/C14H27NO2/c1-14(2)7-6-11(13(14)17)9-15-8-4-3-5-12(15)10-16/h11-13,16-17H,3-10H2,1-2H3. The molecule has 3 nitrogen and oxygen atoms in total. The van der Waals surface area contributed by atoms with Crippen LogP contribution >= 0.6 is 0 Å². The van der Waals surface area contributed by atoms with E-state index in [-0.39, 0.29) is 18.1 Å². The highest BCUT2D eigenvalue weighted by Gasteiger charge is 2.41. The Bertz CT molecular complexity index is 255. The quantitative estimate of drug-likeness (QED) is 0.789. The number of hydrogen-bond acceptors (Lipinski definition) is 3. The lowest BCUT2D eigenvalue weighted by molar-refractivity contribution is 0.0123. The molecular weight excluding hydrogens is 214 g/mol. The maximum Gasteiger partial charge on any atom is 0.0631 e. The first-order chi connectivity index (χ1) is 8.04. The molecule has 0 bridgehead atoms. The number of aliphatic hydroxyl groups is 2. The molecule has 17 heavy (non-hydrogen) atoms. The minimum atomic E-state index is -0.177. The number of aliphatic hydroxyl groups excluding tert-OH is 2. The van der Waals surface area contributed by atoms with E-state index in [0.29, 0.717) is 12.0 Å². The fourth-order valence-corrected chi connectivity index (χ4v) is 3.50. The van der Waals surface area contributed by atoms with E-state index in [4.69, 9.17) is 0 Å². The minimum Gasteiger partial charge on any atom is -0.395 e. The van der Waals surface area contributed by atoms with Crippen LogP contribution < -0.4 is 0 Å². The lowest BCUT2D eigenvalue weighted by Crippen LogP contribution is -2.46. The van der Waals surface area contributed by atoms with Crippen LogP contribution in [0.3, 0.4) is 0 Å². The summed E-state index contributed by atoms with van der Waals surface area (Å²) in [6.45, 7) is 6.66. The van der Waals surface area contributed by atoms with Gasteiger partial charge in [-0.2, -0.15) is 0 Å². The van der Waals surface area contributed by atoms with Crippen molar-refractivity contribution >= 4 is 0 Å². The maximum absolute atomic E-state index is 10.3. The van der Waals surface area contributed by atoms with Gasteiger partial charge in [-0.15, -0.1) is 0 Å². The van der Waals surface area contributed by atoms with Gasteiger partial charge < -0.3 is 10.2 Å². The average molecular weight is 241 g/mol. The third kappa shape index (κ3) is 2.83.